The summed E-state index contributed by atoms with van der Waals surface area (Å²) in [6, 6.07) is 12.5. The number of ketones is 1. The van der Waals surface area contributed by atoms with Gasteiger partial charge in [0.05, 0.1) is 0 Å². The first kappa shape index (κ1) is 18.3. The molecule has 0 aliphatic carbocycles. The number of rotatable bonds is 7. The Morgan fingerprint density at radius 1 is 0.920 bits per heavy atom. The zero-order valence-corrected chi connectivity index (χ0v) is 13.8. The standard InChI is InChI=1S/C19H19FN2O3/c1-13(23)15-4-8-17(9-5-15)22-19(25)12-18(24)21-11-10-14-2-6-16(20)7-3-14/h2-9H,10-12H2,1H3,(H,21,24)(H,22,25). The SMILES string of the molecule is CC(=O)c1ccc(NC(=O)CC(=O)NCCc2ccc(F)cc2)cc1. The first-order chi connectivity index (χ1) is 11.9. The fourth-order valence-electron chi connectivity index (χ4n) is 2.20. The fourth-order valence-corrected chi connectivity index (χ4v) is 2.20. The van der Waals surface area contributed by atoms with Crippen LogP contribution in [0.1, 0.15) is 29.3 Å². The quantitative estimate of drug-likeness (QED) is 0.600. The zero-order valence-electron chi connectivity index (χ0n) is 13.8. The van der Waals surface area contributed by atoms with Gasteiger partial charge in [0, 0.05) is 17.8 Å². The molecule has 2 amide bonds. The van der Waals surface area contributed by atoms with Crippen LogP contribution in [0, 0.1) is 5.82 Å². The van der Waals surface area contributed by atoms with E-state index in [4.69, 9.17) is 0 Å². The van der Waals surface area contributed by atoms with Crippen LogP contribution in [0.3, 0.4) is 0 Å². The van der Waals surface area contributed by atoms with Gasteiger partial charge in [-0.1, -0.05) is 12.1 Å². The summed E-state index contributed by atoms with van der Waals surface area (Å²) in [5, 5.41) is 5.25. The second-order valence-electron chi connectivity index (χ2n) is 5.58. The predicted molar refractivity (Wildman–Crippen MR) is 92.8 cm³/mol. The smallest absolute Gasteiger partial charge is 0.233 e. The van der Waals surface area contributed by atoms with Gasteiger partial charge in [0.25, 0.3) is 0 Å². The van der Waals surface area contributed by atoms with E-state index >= 15 is 0 Å². The minimum absolute atomic E-state index is 0.0570. The van der Waals surface area contributed by atoms with E-state index in [2.05, 4.69) is 10.6 Å². The Labute approximate surface area is 145 Å². The molecule has 0 aromatic heterocycles. The van der Waals surface area contributed by atoms with Crippen molar-refractivity contribution >= 4 is 23.3 Å². The monoisotopic (exact) mass is 342 g/mol. The Kier molecular flexibility index (Phi) is 6.39. The molecular weight excluding hydrogens is 323 g/mol. The average Bonchev–Trinajstić information content (AvgIpc) is 2.57. The molecule has 130 valence electrons. The van der Waals surface area contributed by atoms with Gasteiger partial charge in [-0.2, -0.15) is 0 Å². The van der Waals surface area contributed by atoms with Crippen molar-refractivity contribution in [3.8, 4) is 0 Å². The largest absolute Gasteiger partial charge is 0.355 e. The third-order valence-corrected chi connectivity index (χ3v) is 3.55. The van der Waals surface area contributed by atoms with Crippen LogP contribution in [0.4, 0.5) is 10.1 Å². The van der Waals surface area contributed by atoms with Crippen molar-refractivity contribution in [1.29, 1.82) is 0 Å². The van der Waals surface area contributed by atoms with Gasteiger partial charge in [0.1, 0.15) is 12.2 Å². The van der Waals surface area contributed by atoms with E-state index in [1.54, 1.807) is 36.4 Å². The molecule has 2 aromatic carbocycles. The van der Waals surface area contributed by atoms with Crippen LogP contribution >= 0.6 is 0 Å². The summed E-state index contributed by atoms with van der Waals surface area (Å²) >= 11 is 0. The number of benzene rings is 2. The lowest BCUT2D eigenvalue weighted by Crippen LogP contribution is -2.29. The summed E-state index contributed by atoms with van der Waals surface area (Å²) in [5.41, 5.74) is 1.97. The van der Waals surface area contributed by atoms with Gasteiger partial charge in [0.15, 0.2) is 5.78 Å². The topological polar surface area (TPSA) is 75.3 Å². The van der Waals surface area contributed by atoms with Crippen molar-refractivity contribution in [2.24, 2.45) is 0 Å². The van der Waals surface area contributed by atoms with Crippen molar-refractivity contribution in [3.05, 3.63) is 65.5 Å². The van der Waals surface area contributed by atoms with Crippen LogP contribution in [0.5, 0.6) is 0 Å². The number of anilines is 1. The highest BCUT2D eigenvalue weighted by molar-refractivity contribution is 6.03. The van der Waals surface area contributed by atoms with E-state index in [1.165, 1.54) is 19.1 Å². The van der Waals surface area contributed by atoms with Crippen LogP contribution in [0.25, 0.3) is 0 Å². The number of amides is 2. The first-order valence-corrected chi connectivity index (χ1v) is 7.86. The van der Waals surface area contributed by atoms with Crippen LogP contribution in [0.2, 0.25) is 0 Å². The summed E-state index contributed by atoms with van der Waals surface area (Å²) in [6.45, 7) is 1.83. The molecule has 2 rings (SSSR count). The molecule has 25 heavy (non-hydrogen) atoms. The van der Waals surface area contributed by atoms with Crippen molar-refractivity contribution in [2.75, 3.05) is 11.9 Å². The molecule has 0 saturated carbocycles. The Morgan fingerprint density at radius 2 is 1.56 bits per heavy atom. The van der Waals surface area contributed by atoms with Crippen LogP contribution in [-0.4, -0.2) is 24.1 Å². The molecule has 0 radical (unpaired) electrons. The summed E-state index contributed by atoms with van der Waals surface area (Å²) in [5.74, 6) is -1.19. The van der Waals surface area contributed by atoms with Crippen LogP contribution in [-0.2, 0) is 16.0 Å². The van der Waals surface area contributed by atoms with Gasteiger partial charge in [-0.3, -0.25) is 14.4 Å². The Morgan fingerprint density at radius 3 is 2.16 bits per heavy atom. The van der Waals surface area contributed by atoms with Gasteiger partial charge >= 0.3 is 0 Å². The number of hydrogen-bond donors (Lipinski definition) is 2. The molecule has 2 N–H and O–H groups in total. The molecule has 0 heterocycles. The van der Waals surface area contributed by atoms with E-state index in [1.807, 2.05) is 0 Å². The third-order valence-electron chi connectivity index (χ3n) is 3.55. The van der Waals surface area contributed by atoms with E-state index in [-0.39, 0.29) is 23.9 Å². The molecule has 0 atom stereocenters. The lowest BCUT2D eigenvalue weighted by atomic mass is 10.1. The molecule has 5 nitrogen and oxygen atoms in total. The van der Waals surface area contributed by atoms with Gasteiger partial charge in [-0.05, 0) is 55.3 Å². The average molecular weight is 342 g/mol. The third kappa shape index (κ3) is 6.18. The molecule has 0 aliphatic rings. The number of Topliss-reactive ketones (excluding diaryl/α,β-unsaturated/α-hetero) is 1. The normalized spacial score (nSPS) is 10.2. The molecule has 0 saturated heterocycles. The van der Waals surface area contributed by atoms with Crippen LogP contribution in [0.15, 0.2) is 48.5 Å². The summed E-state index contributed by atoms with van der Waals surface area (Å²) in [6.07, 6.45) is 0.262. The number of halogens is 1. The van der Waals surface area contributed by atoms with Crippen molar-refractivity contribution in [3.63, 3.8) is 0 Å². The van der Waals surface area contributed by atoms with Gasteiger partial charge in [-0.25, -0.2) is 4.39 Å². The molecule has 6 heteroatoms. The maximum Gasteiger partial charge on any atom is 0.233 e. The molecule has 0 fully saturated rings. The van der Waals surface area contributed by atoms with E-state index in [0.29, 0.717) is 24.2 Å². The van der Waals surface area contributed by atoms with E-state index < -0.39 is 5.91 Å². The Hall–Kier alpha value is -3.02. The Bertz CT molecular complexity index is 755. The van der Waals surface area contributed by atoms with Gasteiger partial charge in [0.2, 0.25) is 11.8 Å². The highest BCUT2D eigenvalue weighted by atomic mass is 19.1. The van der Waals surface area contributed by atoms with Gasteiger partial charge in [-0.15, -0.1) is 0 Å². The molecule has 0 aliphatic heterocycles. The first-order valence-electron chi connectivity index (χ1n) is 7.86. The van der Waals surface area contributed by atoms with Crippen molar-refractivity contribution in [1.82, 2.24) is 5.32 Å². The summed E-state index contributed by atoms with van der Waals surface area (Å²) in [7, 11) is 0. The van der Waals surface area contributed by atoms with Crippen molar-refractivity contribution in [2.45, 2.75) is 19.8 Å². The maximum atomic E-state index is 12.8. The number of nitrogens with one attached hydrogen (secondary N) is 2. The van der Waals surface area contributed by atoms with Crippen LogP contribution < -0.4 is 10.6 Å². The minimum Gasteiger partial charge on any atom is -0.355 e. The highest BCUT2D eigenvalue weighted by Gasteiger charge is 2.09. The fraction of sp³-hybridized carbons (Fsp3) is 0.211. The lowest BCUT2D eigenvalue weighted by Gasteiger charge is -2.07. The molecule has 2 aromatic rings. The van der Waals surface area contributed by atoms with E-state index in [0.717, 1.165) is 5.56 Å². The second kappa shape index (κ2) is 8.73. The lowest BCUT2D eigenvalue weighted by molar-refractivity contribution is -0.126. The predicted octanol–water partition coefficient (Wildman–Crippen LogP) is 2.72. The molecule has 0 bridgehead atoms. The summed E-state index contributed by atoms with van der Waals surface area (Å²) < 4.78 is 12.8. The number of carbonyl (C=O) groups excluding carboxylic acids is 3. The van der Waals surface area contributed by atoms with Gasteiger partial charge < -0.3 is 10.6 Å². The molecular formula is C19H19FN2O3. The molecule has 0 spiro atoms. The summed E-state index contributed by atoms with van der Waals surface area (Å²) in [4.78, 5) is 34.8. The second-order valence-corrected chi connectivity index (χ2v) is 5.58. The zero-order chi connectivity index (χ0) is 18.2. The van der Waals surface area contributed by atoms with Crippen molar-refractivity contribution < 1.29 is 18.8 Å². The highest BCUT2D eigenvalue weighted by Crippen LogP contribution is 2.10. The Balaban J connectivity index is 1.73. The van der Waals surface area contributed by atoms with E-state index in [9.17, 15) is 18.8 Å². The minimum atomic E-state index is -0.435. The number of hydrogen-bond acceptors (Lipinski definition) is 3. The molecule has 0 unspecified atom stereocenters. The number of carbonyl (C=O) groups is 3. The maximum absolute atomic E-state index is 12.8.